The Hall–Kier alpha value is -4.26. The SMILES string of the molecule is COC(=O)c1ccc(C)c(-n2ccnc(N[C@@H](c3cccc4ccccc34)[C@@H](C)C=O)c2=O)c1. The zero-order chi connectivity index (χ0) is 24.2. The number of rotatable bonds is 7. The second kappa shape index (κ2) is 9.70. The van der Waals surface area contributed by atoms with E-state index >= 15 is 0 Å². The standard InChI is InChI=1S/C27H25N3O4/c1-17-11-12-20(27(33)34-3)15-23(17)30-14-13-28-25(26(30)32)29-24(18(2)16-31)22-10-6-8-19-7-4-5-9-21(19)22/h4-16,18,24H,1-3H3,(H,28,29)/t18-,24+/m0/s1. The van der Waals surface area contributed by atoms with E-state index in [1.807, 2.05) is 49.4 Å². The Morgan fingerprint density at radius 2 is 1.88 bits per heavy atom. The number of methoxy groups -OCH3 is 1. The number of fused-ring (bicyclic) bond motifs is 1. The van der Waals surface area contributed by atoms with Crippen LogP contribution < -0.4 is 10.9 Å². The molecule has 0 spiro atoms. The highest BCUT2D eigenvalue weighted by molar-refractivity contribution is 5.90. The van der Waals surface area contributed by atoms with Gasteiger partial charge in [-0.05, 0) is 41.0 Å². The van der Waals surface area contributed by atoms with E-state index in [0.717, 1.165) is 28.2 Å². The maximum Gasteiger partial charge on any atom is 0.337 e. The zero-order valence-corrected chi connectivity index (χ0v) is 19.2. The topological polar surface area (TPSA) is 90.3 Å². The van der Waals surface area contributed by atoms with Crippen LogP contribution in [0.1, 0.15) is 34.5 Å². The maximum absolute atomic E-state index is 13.4. The Morgan fingerprint density at radius 1 is 1.12 bits per heavy atom. The number of aromatic nitrogens is 2. The van der Waals surface area contributed by atoms with Gasteiger partial charge in [-0.25, -0.2) is 9.78 Å². The van der Waals surface area contributed by atoms with E-state index in [2.05, 4.69) is 10.3 Å². The molecule has 2 atom stereocenters. The number of nitrogens with one attached hydrogen (secondary N) is 1. The average Bonchev–Trinajstić information content (AvgIpc) is 2.87. The number of anilines is 1. The van der Waals surface area contributed by atoms with Crippen molar-refractivity contribution < 1.29 is 14.3 Å². The molecule has 34 heavy (non-hydrogen) atoms. The monoisotopic (exact) mass is 455 g/mol. The fourth-order valence-electron chi connectivity index (χ4n) is 4.05. The molecule has 0 aliphatic carbocycles. The maximum atomic E-state index is 13.4. The molecule has 4 rings (SSSR count). The molecule has 0 amide bonds. The molecule has 0 fully saturated rings. The molecular weight excluding hydrogens is 430 g/mol. The molecule has 0 unspecified atom stereocenters. The van der Waals surface area contributed by atoms with Gasteiger partial charge in [-0.3, -0.25) is 9.36 Å². The van der Waals surface area contributed by atoms with Gasteiger partial charge < -0.3 is 14.8 Å². The molecule has 1 aromatic heterocycles. The van der Waals surface area contributed by atoms with E-state index in [1.54, 1.807) is 31.3 Å². The van der Waals surface area contributed by atoms with Crippen LogP contribution in [0.4, 0.5) is 5.82 Å². The molecule has 1 heterocycles. The summed E-state index contributed by atoms with van der Waals surface area (Å²) >= 11 is 0. The predicted octanol–water partition coefficient (Wildman–Crippen LogP) is 4.47. The summed E-state index contributed by atoms with van der Waals surface area (Å²) in [5.41, 5.74) is 2.20. The summed E-state index contributed by atoms with van der Waals surface area (Å²) < 4.78 is 6.25. The summed E-state index contributed by atoms with van der Waals surface area (Å²) in [6.45, 7) is 3.65. The first-order valence-corrected chi connectivity index (χ1v) is 10.9. The summed E-state index contributed by atoms with van der Waals surface area (Å²) in [7, 11) is 1.31. The first-order valence-electron chi connectivity index (χ1n) is 10.9. The lowest BCUT2D eigenvalue weighted by atomic mass is 9.91. The van der Waals surface area contributed by atoms with E-state index in [4.69, 9.17) is 4.74 Å². The molecule has 7 nitrogen and oxygen atoms in total. The lowest BCUT2D eigenvalue weighted by molar-refractivity contribution is -0.111. The second-order valence-corrected chi connectivity index (χ2v) is 8.13. The van der Waals surface area contributed by atoms with E-state index in [0.29, 0.717) is 11.3 Å². The number of aldehydes is 1. The number of aryl methyl sites for hydroxylation is 1. The van der Waals surface area contributed by atoms with Crippen LogP contribution in [0, 0.1) is 12.8 Å². The van der Waals surface area contributed by atoms with Gasteiger partial charge in [0.1, 0.15) is 6.29 Å². The van der Waals surface area contributed by atoms with Crippen molar-refractivity contribution in [1.82, 2.24) is 9.55 Å². The van der Waals surface area contributed by atoms with Crippen LogP contribution in [0.3, 0.4) is 0 Å². The van der Waals surface area contributed by atoms with Crippen molar-refractivity contribution in [3.63, 3.8) is 0 Å². The molecular formula is C27H25N3O4. The summed E-state index contributed by atoms with van der Waals surface area (Å²) in [5, 5.41) is 5.25. The zero-order valence-electron chi connectivity index (χ0n) is 19.2. The Morgan fingerprint density at radius 3 is 2.65 bits per heavy atom. The van der Waals surface area contributed by atoms with Crippen molar-refractivity contribution in [1.29, 1.82) is 0 Å². The van der Waals surface area contributed by atoms with Gasteiger partial charge in [0.2, 0.25) is 0 Å². The van der Waals surface area contributed by atoms with Crippen LogP contribution in [-0.4, -0.2) is 28.9 Å². The third-order valence-corrected chi connectivity index (χ3v) is 5.92. The van der Waals surface area contributed by atoms with Gasteiger partial charge in [0.15, 0.2) is 5.82 Å². The molecule has 4 aromatic rings. The van der Waals surface area contributed by atoms with Crippen LogP contribution in [0.5, 0.6) is 0 Å². The van der Waals surface area contributed by atoms with Crippen LogP contribution >= 0.6 is 0 Å². The number of esters is 1. The van der Waals surface area contributed by atoms with Gasteiger partial charge >= 0.3 is 5.97 Å². The lowest BCUT2D eigenvalue weighted by Gasteiger charge is -2.24. The third-order valence-electron chi connectivity index (χ3n) is 5.92. The molecule has 0 aliphatic rings. The Balaban J connectivity index is 1.80. The summed E-state index contributed by atoms with van der Waals surface area (Å²) in [5.74, 6) is -0.806. The Labute approximate surface area is 197 Å². The predicted molar refractivity (Wildman–Crippen MR) is 131 cm³/mol. The molecule has 0 bridgehead atoms. The van der Waals surface area contributed by atoms with Gasteiger partial charge in [-0.1, -0.05) is 55.5 Å². The molecule has 1 N–H and O–H groups in total. The van der Waals surface area contributed by atoms with Crippen LogP contribution in [0.2, 0.25) is 0 Å². The normalized spacial score (nSPS) is 12.7. The van der Waals surface area contributed by atoms with Crippen molar-refractivity contribution in [2.45, 2.75) is 19.9 Å². The van der Waals surface area contributed by atoms with Crippen molar-refractivity contribution >= 4 is 28.8 Å². The number of hydrogen-bond donors (Lipinski definition) is 1. The van der Waals surface area contributed by atoms with E-state index < -0.39 is 23.5 Å². The van der Waals surface area contributed by atoms with Crippen molar-refractivity contribution in [2.24, 2.45) is 5.92 Å². The average molecular weight is 456 g/mol. The minimum atomic E-state index is -0.488. The van der Waals surface area contributed by atoms with Crippen molar-refractivity contribution in [3.05, 3.63) is 100 Å². The van der Waals surface area contributed by atoms with Crippen molar-refractivity contribution in [3.8, 4) is 5.69 Å². The second-order valence-electron chi connectivity index (χ2n) is 8.13. The summed E-state index contributed by atoms with van der Waals surface area (Å²) in [4.78, 5) is 41.5. The summed E-state index contributed by atoms with van der Waals surface area (Å²) in [6.07, 6.45) is 3.93. The molecule has 172 valence electrons. The summed E-state index contributed by atoms with van der Waals surface area (Å²) in [6, 6.07) is 18.3. The smallest absolute Gasteiger partial charge is 0.337 e. The number of benzene rings is 3. The highest BCUT2D eigenvalue weighted by Gasteiger charge is 2.23. The van der Waals surface area contributed by atoms with E-state index in [9.17, 15) is 14.4 Å². The van der Waals surface area contributed by atoms with Crippen LogP contribution in [-0.2, 0) is 9.53 Å². The molecule has 0 saturated heterocycles. The fourth-order valence-corrected chi connectivity index (χ4v) is 4.05. The van der Waals surface area contributed by atoms with Crippen LogP contribution in [0.25, 0.3) is 16.5 Å². The third kappa shape index (κ3) is 4.32. The van der Waals surface area contributed by atoms with Crippen LogP contribution in [0.15, 0.2) is 77.9 Å². The minimum absolute atomic E-state index is 0.108. The molecule has 0 saturated carbocycles. The number of carbonyl (C=O) groups excluding carboxylic acids is 2. The number of carbonyl (C=O) groups is 2. The van der Waals surface area contributed by atoms with Gasteiger partial charge in [0.05, 0.1) is 24.4 Å². The number of nitrogens with zero attached hydrogens (tertiary/aromatic N) is 2. The van der Waals surface area contributed by atoms with Gasteiger partial charge in [-0.15, -0.1) is 0 Å². The first kappa shape index (κ1) is 22.9. The quantitative estimate of drug-likeness (QED) is 0.327. The molecule has 7 heteroatoms. The number of hydrogen-bond acceptors (Lipinski definition) is 6. The van der Waals surface area contributed by atoms with E-state index in [1.165, 1.54) is 17.9 Å². The molecule has 3 aromatic carbocycles. The largest absolute Gasteiger partial charge is 0.465 e. The highest BCUT2D eigenvalue weighted by Crippen LogP contribution is 2.30. The number of ether oxygens (including phenoxy) is 1. The minimum Gasteiger partial charge on any atom is -0.465 e. The van der Waals surface area contributed by atoms with Gasteiger partial charge in [0, 0.05) is 18.3 Å². The van der Waals surface area contributed by atoms with E-state index in [-0.39, 0.29) is 5.82 Å². The van der Waals surface area contributed by atoms with Gasteiger partial charge in [0.25, 0.3) is 5.56 Å². The lowest BCUT2D eigenvalue weighted by Crippen LogP contribution is -2.28. The molecule has 0 radical (unpaired) electrons. The fraction of sp³-hybridized carbons (Fsp3) is 0.185. The first-order chi connectivity index (χ1) is 16.4. The highest BCUT2D eigenvalue weighted by atomic mass is 16.5. The van der Waals surface area contributed by atoms with Crippen molar-refractivity contribution in [2.75, 3.05) is 12.4 Å². The Kier molecular flexibility index (Phi) is 6.54. The van der Waals surface area contributed by atoms with Gasteiger partial charge in [-0.2, -0.15) is 0 Å². The Bertz CT molecular complexity index is 1420. The molecule has 0 aliphatic heterocycles.